The zero-order valence-electron chi connectivity index (χ0n) is 20.9. The smallest absolute Gasteiger partial charge is 0.358 e. The number of benzene rings is 2. The normalized spacial score (nSPS) is 13.0. The molecule has 5 rings (SSSR count). The van der Waals surface area contributed by atoms with Crippen molar-refractivity contribution in [2.45, 2.75) is 26.7 Å². The minimum Gasteiger partial charge on any atom is -0.497 e. The fourth-order valence-corrected chi connectivity index (χ4v) is 4.18. The summed E-state index contributed by atoms with van der Waals surface area (Å²) in [5.74, 6) is 2.25. The van der Waals surface area contributed by atoms with Gasteiger partial charge in [0.05, 0.1) is 43.8 Å². The number of nitrogens with zero attached hydrogens (tertiary/aromatic N) is 5. The second kappa shape index (κ2) is 9.85. The molecule has 36 heavy (non-hydrogen) atoms. The first-order chi connectivity index (χ1) is 17.5. The number of carbonyl (C=O) groups excluding carboxylic acids is 1. The number of hydrogen-bond acceptors (Lipinski definition) is 8. The largest absolute Gasteiger partial charge is 0.497 e. The van der Waals surface area contributed by atoms with Gasteiger partial charge in [-0.2, -0.15) is 0 Å². The van der Waals surface area contributed by atoms with E-state index in [9.17, 15) is 4.79 Å². The molecule has 2 heterocycles. The van der Waals surface area contributed by atoms with Crippen LogP contribution in [-0.2, 0) is 4.74 Å². The summed E-state index contributed by atoms with van der Waals surface area (Å²) in [7, 11) is 3.31. The molecule has 0 amide bonds. The van der Waals surface area contributed by atoms with Crippen LogP contribution in [0.1, 0.15) is 35.9 Å². The third kappa shape index (κ3) is 4.68. The highest BCUT2D eigenvalue weighted by Gasteiger charge is 2.26. The Morgan fingerprint density at radius 3 is 2.44 bits per heavy atom. The van der Waals surface area contributed by atoms with E-state index in [1.54, 1.807) is 38.2 Å². The van der Waals surface area contributed by atoms with Gasteiger partial charge >= 0.3 is 5.97 Å². The minimum absolute atomic E-state index is 0.273. The lowest BCUT2D eigenvalue weighted by Crippen LogP contribution is -2.20. The van der Waals surface area contributed by atoms with Crippen LogP contribution in [0.4, 0.5) is 11.4 Å². The van der Waals surface area contributed by atoms with Crippen LogP contribution in [0, 0.1) is 12.8 Å². The number of rotatable bonds is 9. The molecule has 9 nitrogen and oxygen atoms in total. The molecule has 1 fully saturated rings. The Hall–Kier alpha value is -4.14. The van der Waals surface area contributed by atoms with E-state index in [0.29, 0.717) is 24.0 Å². The van der Waals surface area contributed by atoms with Crippen LogP contribution in [0.3, 0.4) is 0 Å². The average Bonchev–Trinajstić information content (AvgIpc) is 3.65. The van der Waals surface area contributed by atoms with E-state index in [1.165, 1.54) is 12.8 Å². The van der Waals surface area contributed by atoms with Crippen molar-refractivity contribution in [3.8, 4) is 17.3 Å². The first kappa shape index (κ1) is 23.6. The van der Waals surface area contributed by atoms with Crippen LogP contribution in [0.15, 0.2) is 48.9 Å². The molecule has 186 valence electrons. The van der Waals surface area contributed by atoms with Gasteiger partial charge < -0.3 is 19.1 Å². The highest BCUT2D eigenvalue weighted by Crippen LogP contribution is 2.38. The zero-order valence-corrected chi connectivity index (χ0v) is 20.9. The van der Waals surface area contributed by atoms with Gasteiger partial charge in [-0.3, -0.25) is 9.55 Å². The van der Waals surface area contributed by atoms with Crippen LogP contribution in [-0.4, -0.2) is 52.9 Å². The SMILES string of the molecule is CCOC(=O)c1ncn(-c2cnc3ccc(N(CC4CC4)c4cc(OC)cc(OC)c4)cc3n2)c1C. The van der Waals surface area contributed by atoms with Crippen molar-refractivity contribution in [1.82, 2.24) is 19.5 Å². The highest BCUT2D eigenvalue weighted by molar-refractivity contribution is 5.88. The average molecular weight is 488 g/mol. The number of anilines is 2. The van der Waals surface area contributed by atoms with Crippen LogP contribution in [0.25, 0.3) is 16.9 Å². The molecule has 1 saturated carbocycles. The fraction of sp³-hybridized carbons (Fsp3) is 0.333. The topological polar surface area (TPSA) is 91.6 Å². The molecule has 4 aromatic rings. The predicted molar refractivity (Wildman–Crippen MR) is 137 cm³/mol. The van der Waals surface area contributed by atoms with Gasteiger partial charge in [0.25, 0.3) is 0 Å². The van der Waals surface area contributed by atoms with Gasteiger partial charge in [0.2, 0.25) is 0 Å². The van der Waals surface area contributed by atoms with E-state index in [4.69, 9.17) is 19.2 Å². The molecule has 0 radical (unpaired) electrons. The number of imidazole rings is 1. The van der Waals surface area contributed by atoms with Crippen molar-refractivity contribution in [2.75, 3.05) is 32.3 Å². The lowest BCUT2D eigenvalue weighted by Gasteiger charge is -2.26. The van der Waals surface area contributed by atoms with E-state index in [0.717, 1.165) is 40.5 Å². The van der Waals surface area contributed by atoms with Crippen molar-refractivity contribution in [3.63, 3.8) is 0 Å². The molecule has 0 bridgehead atoms. The molecule has 0 N–H and O–H groups in total. The Kier molecular flexibility index (Phi) is 6.45. The van der Waals surface area contributed by atoms with E-state index in [2.05, 4.69) is 20.9 Å². The van der Waals surface area contributed by atoms with Gasteiger partial charge in [-0.1, -0.05) is 0 Å². The molecule has 9 heteroatoms. The number of methoxy groups -OCH3 is 2. The molecule has 1 aliphatic carbocycles. The minimum atomic E-state index is -0.450. The van der Waals surface area contributed by atoms with Crippen molar-refractivity contribution in [1.29, 1.82) is 0 Å². The van der Waals surface area contributed by atoms with Crippen LogP contribution >= 0.6 is 0 Å². The third-order valence-electron chi connectivity index (χ3n) is 6.33. The van der Waals surface area contributed by atoms with Gasteiger partial charge in [0.15, 0.2) is 11.5 Å². The number of aromatic nitrogens is 4. The molecule has 2 aromatic heterocycles. The molecule has 0 unspecified atom stereocenters. The maximum Gasteiger partial charge on any atom is 0.358 e. The molecule has 0 atom stereocenters. The standard InChI is InChI=1S/C27H29N5O4/c1-5-36-27(33)26-17(2)32(16-29-26)25-14-28-23-9-8-19(12-24(23)30-25)31(15-18-6-7-18)20-10-21(34-3)13-22(11-20)35-4/h8-14,16,18H,5-7,15H2,1-4H3. The molecule has 0 saturated heterocycles. The van der Waals surface area contributed by atoms with Crippen LogP contribution in [0.2, 0.25) is 0 Å². The Labute approximate surface area is 209 Å². The second-order valence-electron chi connectivity index (χ2n) is 8.80. The quantitative estimate of drug-likeness (QED) is 0.309. The van der Waals surface area contributed by atoms with Crippen molar-refractivity contribution < 1.29 is 19.0 Å². The molecular formula is C27H29N5O4. The summed E-state index contributed by atoms with van der Waals surface area (Å²) in [5, 5.41) is 0. The summed E-state index contributed by atoms with van der Waals surface area (Å²) in [5.41, 5.74) is 4.44. The number of esters is 1. The Morgan fingerprint density at radius 2 is 1.78 bits per heavy atom. The summed E-state index contributed by atoms with van der Waals surface area (Å²) in [6, 6.07) is 12.0. The molecule has 0 spiro atoms. The lowest BCUT2D eigenvalue weighted by atomic mass is 10.2. The van der Waals surface area contributed by atoms with Crippen molar-refractivity contribution >= 4 is 28.4 Å². The number of hydrogen-bond donors (Lipinski definition) is 0. The van der Waals surface area contributed by atoms with Gasteiger partial charge in [0.1, 0.15) is 17.8 Å². The maximum atomic E-state index is 12.2. The van der Waals surface area contributed by atoms with E-state index in [1.807, 2.05) is 37.3 Å². The fourth-order valence-electron chi connectivity index (χ4n) is 4.18. The summed E-state index contributed by atoms with van der Waals surface area (Å²) in [4.78, 5) is 28.2. The lowest BCUT2D eigenvalue weighted by molar-refractivity contribution is 0.0519. The Morgan fingerprint density at radius 1 is 1.03 bits per heavy atom. The van der Waals surface area contributed by atoms with Crippen LogP contribution in [0.5, 0.6) is 11.5 Å². The van der Waals surface area contributed by atoms with Gasteiger partial charge in [0, 0.05) is 36.1 Å². The Balaban J connectivity index is 1.54. The highest BCUT2D eigenvalue weighted by atomic mass is 16.5. The summed E-state index contributed by atoms with van der Waals surface area (Å²) < 4.78 is 17.9. The molecular weight excluding hydrogens is 458 g/mol. The number of fused-ring (bicyclic) bond motifs is 1. The second-order valence-corrected chi connectivity index (χ2v) is 8.80. The van der Waals surface area contributed by atoms with E-state index < -0.39 is 5.97 Å². The zero-order chi connectivity index (χ0) is 25.2. The molecule has 2 aromatic carbocycles. The first-order valence-corrected chi connectivity index (χ1v) is 12.0. The van der Waals surface area contributed by atoms with Crippen molar-refractivity contribution in [2.24, 2.45) is 5.92 Å². The first-order valence-electron chi connectivity index (χ1n) is 12.0. The summed E-state index contributed by atoms with van der Waals surface area (Å²) >= 11 is 0. The van der Waals surface area contributed by atoms with E-state index in [-0.39, 0.29) is 5.69 Å². The van der Waals surface area contributed by atoms with Crippen molar-refractivity contribution in [3.05, 3.63) is 60.3 Å². The number of ether oxygens (including phenoxy) is 3. The summed E-state index contributed by atoms with van der Waals surface area (Å²) in [6.45, 7) is 4.76. The van der Waals surface area contributed by atoms with E-state index >= 15 is 0 Å². The van der Waals surface area contributed by atoms with Gasteiger partial charge in [-0.15, -0.1) is 0 Å². The third-order valence-corrected chi connectivity index (χ3v) is 6.33. The van der Waals surface area contributed by atoms with Gasteiger partial charge in [-0.25, -0.2) is 14.8 Å². The maximum absolute atomic E-state index is 12.2. The number of carbonyl (C=O) groups is 1. The summed E-state index contributed by atoms with van der Waals surface area (Å²) in [6.07, 6.45) is 5.69. The van der Waals surface area contributed by atoms with Crippen LogP contribution < -0.4 is 14.4 Å². The molecule has 0 aliphatic heterocycles. The predicted octanol–water partition coefficient (Wildman–Crippen LogP) is 4.87. The molecule has 1 aliphatic rings. The Bertz CT molecular complexity index is 1390. The van der Waals surface area contributed by atoms with Gasteiger partial charge in [-0.05, 0) is 50.8 Å². The monoisotopic (exact) mass is 487 g/mol.